The van der Waals surface area contributed by atoms with Gasteiger partial charge in [0.1, 0.15) is 6.07 Å². The number of non-ortho nitro benzene ring substituents is 1. The molecule has 0 unspecified atom stereocenters. The van der Waals surface area contributed by atoms with Crippen LogP contribution in [0.25, 0.3) is 0 Å². The van der Waals surface area contributed by atoms with Crippen molar-refractivity contribution in [3.05, 3.63) is 63.2 Å². The Labute approximate surface area is 147 Å². The van der Waals surface area contributed by atoms with E-state index in [9.17, 15) is 14.9 Å². The summed E-state index contributed by atoms with van der Waals surface area (Å²) >= 11 is 7.21. The normalized spacial score (nSPS) is 11.4. The molecule has 24 heavy (non-hydrogen) atoms. The van der Waals surface area contributed by atoms with Crippen molar-refractivity contribution in [2.45, 2.75) is 17.1 Å². The van der Waals surface area contributed by atoms with E-state index in [4.69, 9.17) is 16.9 Å². The topological polar surface area (TPSA) is 96.0 Å². The first kappa shape index (κ1) is 17.8. The summed E-state index contributed by atoms with van der Waals surface area (Å²) in [5.74, 6) is -0.294. The van der Waals surface area contributed by atoms with Gasteiger partial charge in [-0.1, -0.05) is 23.7 Å². The van der Waals surface area contributed by atoms with E-state index in [0.29, 0.717) is 16.1 Å². The number of nitrogens with zero attached hydrogens (tertiary/aromatic N) is 2. The predicted molar refractivity (Wildman–Crippen MR) is 93.2 cm³/mol. The van der Waals surface area contributed by atoms with Gasteiger partial charge in [0.2, 0.25) is 5.91 Å². The molecule has 0 radical (unpaired) electrons. The third-order valence-corrected chi connectivity index (χ3v) is 4.71. The van der Waals surface area contributed by atoms with Crippen molar-refractivity contribution in [2.24, 2.45) is 0 Å². The number of nitriles is 1. The summed E-state index contributed by atoms with van der Waals surface area (Å²) in [5, 5.41) is 22.1. The van der Waals surface area contributed by atoms with E-state index >= 15 is 0 Å². The first-order chi connectivity index (χ1) is 11.4. The monoisotopic (exact) mass is 361 g/mol. The van der Waals surface area contributed by atoms with Gasteiger partial charge in [0.15, 0.2) is 0 Å². The molecule has 2 aromatic carbocycles. The Morgan fingerprint density at radius 2 is 2.08 bits per heavy atom. The fourth-order valence-corrected chi connectivity index (χ4v) is 3.04. The minimum atomic E-state index is -0.532. The molecule has 0 saturated carbocycles. The summed E-state index contributed by atoms with van der Waals surface area (Å²) in [7, 11) is 0. The second-order valence-corrected chi connectivity index (χ2v) is 6.57. The minimum absolute atomic E-state index is 0.107. The summed E-state index contributed by atoms with van der Waals surface area (Å²) in [4.78, 5) is 23.0. The van der Waals surface area contributed by atoms with Crippen LogP contribution < -0.4 is 5.32 Å². The van der Waals surface area contributed by atoms with Crippen molar-refractivity contribution in [3.63, 3.8) is 0 Å². The molecule has 0 fully saturated rings. The van der Waals surface area contributed by atoms with Crippen LogP contribution in [0.2, 0.25) is 5.02 Å². The lowest BCUT2D eigenvalue weighted by molar-refractivity contribution is -0.384. The zero-order chi connectivity index (χ0) is 17.7. The van der Waals surface area contributed by atoms with Crippen LogP contribution in [0.5, 0.6) is 0 Å². The van der Waals surface area contributed by atoms with Crippen molar-refractivity contribution in [1.82, 2.24) is 0 Å². The molecule has 1 amide bonds. The fraction of sp³-hybridized carbons (Fsp3) is 0.125. The van der Waals surface area contributed by atoms with Crippen molar-refractivity contribution in [3.8, 4) is 6.07 Å². The number of hydrogen-bond donors (Lipinski definition) is 1. The maximum atomic E-state index is 12.3. The highest BCUT2D eigenvalue weighted by Gasteiger charge is 2.18. The zero-order valence-electron chi connectivity index (χ0n) is 12.5. The van der Waals surface area contributed by atoms with E-state index in [-0.39, 0.29) is 16.6 Å². The van der Waals surface area contributed by atoms with E-state index in [2.05, 4.69) is 5.32 Å². The second-order valence-electron chi connectivity index (χ2n) is 4.78. The summed E-state index contributed by atoms with van der Waals surface area (Å²) in [6.45, 7) is 1.69. The Bertz CT molecular complexity index is 836. The van der Waals surface area contributed by atoms with Crippen LogP contribution in [-0.4, -0.2) is 16.1 Å². The fourth-order valence-electron chi connectivity index (χ4n) is 1.87. The Hall–Kier alpha value is -2.56. The van der Waals surface area contributed by atoms with Crippen molar-refractivity contribution < 1.29 is 9.72 Å². The number of nitrogens with one attached hydrogen (secondary N) is 1. The summed E-state index contributed by atoms with van der Waals surface area (Å²) in [6, 6.07) is 12.8. The Morgan fingerprint density at radius 1 is 1.38 bits per heavy atom. The van der Waals surface area contributed by atoms with Gasteiger partial charge in [-0.25, -0.2) is 0 Å². The Morgan fingerprint density at radius 3 is 2.71 bits per heavy atom. The molecule has 0 bridgehead atoms. The van der Waals surface area contributed by atoms with E-state index in [1.165, 1.54) is 30.0 Å². The number of amides is 1. The molecule has 8 heteroatoms. The van der Waals surface area contributed by atoms with Gasteiger partial charge in [-0.05, 0) is 25.1 Å². The minimum Gasteiger partial charge on any atom is -0.324 e. The summed E-state index contributed by atoms with van der Waals surface area (Å²) < 4.78 is 0. The molecule has 0 aliphatic rings. The molecule has 0 spiro atoms. The van der Waals surface area contributed by atoms with Gasteiger partial charge in [-0.15, -0.1) is 11.8 Å². The average Bonchev–Trinajstić information content (AvgIpc) is 2.56. The third kappa shape index (κ3) is 4.25. The molecule has 1 N–H and O–H groups in total. The first-order valence-electron chi connectivity index (χ1n) is 6.83. The van der Waals surface area contributed by atoms with Gasteiger partial charge in [0.25, 0.3) is 5.69 Å². The zero-order valence-corrected chi connectivity index (χ0v) is 14.1. The molecule has 0 heterocycles. The van der Waals surface area contributed by atoms with Crippen molar-refractivity contribution in [2.75, 3.05) is 5.32 Å². The van der Waals surface area contributed by atoms with Crippen LogP contribution in [0.4, 0.5) is 11.4 Å². The Kier molecular flexibility index (Phi) is 5.79. The average molecular weight is 362 g/mol. The van der Waals surface area contributed by atoms with E-state index in [1.54, 1.807) is 31.2 Å². The quantitative estimate of drug-likeness (QED) is 0.488. The molecule has 0 aromatic heterocycles. The van der Waals surface area contributed by atoms with E-state index < -0.39 is 10.2 Å². The van der Waals surface area contributed by atoms with Crippen molar-refractivity contribution in [1.29, 1.82) is 5.26 Å². The highest BCUT2D eigenvalue weighted by atomic mass is 35.5. The molecule has 6 nitrogen and oxygen atoms in total. The Balaban J connectivity index is 2.09. The van der Waals surface area contributed by atoms with Gasteiger partial charge in [-0.2, -0.15) is 5.26 Å². The molecule has 0 aliphatic carbocycles. The van der Waals surface area contributed by atoms with Crippen LogP contribution in [0.3, 0.4) is 0 Å². The van der Waals surface area contributed by atoms with Crippen molar-refractivity contribution >= 4 is 40.6 Å². The molecule has 1 atom stereocenters. The van der Waals surface area contributed by atoms with Crippen LogP contribution in [0, 0.1) is 21.4 Å². The molecular formula is C16H12ClN3O3S. The lowest BCUT2D eigenvalue weighted by Gasteiger charge is -2.13. The number of para-hydroxylation sites is 1. The summed E-state index contributed by atoms with van der Waals surface area (Å²) in [6.07, 6.45) is 0. The first-order valence-corrected chi connectivity index (χ1v) is 8.08. The summed E-state index contributed by atoms with van der Waals surface area (Å²) in [5.41, 5.74) is 0.702. The number of rotatable bonds is 5. The molecule has 122 valence electrons. The van der Waals surface area contributed by atoms with Crippen LogP contribution in [0.15, 0.2) is 47.4 Å². The molecule has 0 saturated heterocycles. The number of benzene rings is 2. The molecule has 2 aromatic rings. The third-order valence-electron chi connectivity index (χ3n) is 3.10. The maximum Gasteiger partial charge on any atom is 0.270 e. The predicted octanol–water partition coefficient (Wildman–Crippen LogP) is 4.24. The lowest BCUT2D eigenvalue weighted by Crippen LogP contribution is -2.22. The van der Waals surface area contributed by atoms with Gasteiger partial charge >= 0.3 is 0 Å². The van der Waals surface area contributed by atoms with Gasteiger partial charge < -0.3 is 5.32 Å². The molecule has 0 aliphatic heterocycles. The number of carbonyl (C=O) groups excluding carboxylic acids is 1. The molecule has 2 rings (SSSR count). The number of thioether (sulfide) groups is 1. The number of anilines is 1. The van der Waals surface area contributed by atoms with Crippen LogP contribution >= 0.6 is 23.4 Å². The number of carbonyl (C=O) groups is 1. The van der Waals surface area contributed by atoms with E-state index in [0.717, 1.165) is 0 Å². The maximum absolute atomic E-state index is 12.3. The number of nitro groups is 1. The van der Waals surface area contributed by atoms with E-state index in [1.807, 2.05) is 6.07 Å². The largest absolute Gasteiger partial charge is 0.324 e. The highest BCUT2D eigenvalue weighted by Crippen LogP contribution is 2.33. The highest BCUT2D eigenvalue weighted by molar-refractivity contribution is 8.00. The van der Waals surface area contributed by atoms with Gasteiger partial charge in [-0.3, -0.25) is 14.9 Å². The molecular weight excluding hydrogens is 350 g/mol. The second kappa shape index (κ2) is 7.81. The van der Waals surface area contributed by atoms with Gasteiger partial charge in [0.05, 0.1) is 26.4 Å². The van der Waals surface area contributed by atoms with Gasteiger partial charge in [0, 0.05) is 17.0 Å². The number of halogens is 1. The standard InChI is InChI=1S/C16H12ClN3O3S/c1-10(16(21)19-14-5-3-2-4-11(14)9-18)24-15-7-6-12(20(22)23)8-13(15)17/h2-8,10H,1H3,(H,19,21)/t10-/m1/s1. The SMILES string of the molecule is C[C@@H](Sc1ccc([N+](=O)[O-])cc1Cl)C(=O)Nc1ccccc1C#N. The smallest absolute Gasteiger partial charge is 0.270 e. The number of hydrogen-bond acceptors (Lipinski definition) is 5. The van der Waals surface area contributed by atoms with Crippen LogP contribution in [0.1, 0.15) is 12.5 Å². The van der Waals surface area contributed by atoms with Crippen LogP contribution in [-0.2, 0) is 4.79 Å². The number of nitro benzene ring substituents is 1. The lowest BCUT2D eigenvalue weighted by atomic mass is 10.2.